The van der Waals surface area contributed by atoms with Crippen molar-refractivity contribution in [3.05, 3.63) is 0 Å². The number of anilines is 1. The molecular formula is C11H16N6O. The van der Waals surface area contributed by atoms with E-state index < -0.39 is 5.41 Å². The van der Waals surface area contributed by atoms with Crippen LogP contribution in [0, 0.1) is 16.7 Å². The van der Waals surface area contributed by atoms with Gasteiger partial charge in [-0.3, -0.25) is 10.1 Å². The monoisotopic (exact) mass is 248 g/mol. The van der Waals surface area contributed by atoms with Gasteiger partial charge in [-0.05, 0) is 18.1 Å². The van der Waals surface area contributed by atoms with Crippen LogP contribution < -0.4 is 5.32 Å². The fraction of sp³-hybridized carbons (Fsp3) is 0.727. The minimum Gasteiger partial charge on any atom is -0.290 e. The first kappa shape index (κ1) is 12.5. The predicted octanol–water partition coefficient (Wildman–Crippen LogP) is 1.01. The van der Waals surface area contributed by atoms with Gasteiger partial charge in [-0.15, -0.1) is 5.10 Å². The number of aromatic nitrogens is 4. The number of tetrazole rings is 1. The Hall–Kier alpha value is -1.97. The van der Waals surface area contributed by atoms with Crippen molar-refractivity contribution in [2.45, 2.75) is 38.5 Å². The van der Waals surface area contributed by atoms with E-state index >= 15 is 0 Å². The van der Waals surface area contributed by atoms with Gasteiger partial charge in [0.2, 0.25) is 5.91 Å². The van der Waals surface area contributed by atoms with Crippen LogP contribution in [-0.4, -0.2) is 26.1 Å². The second-order valence-electron chi connectivity index (χ2n) is 4.66. The molecule has 0 aliphatic heterocycles. The lowest BCUT2D eigenvalue weighted by molar-refractivity contribution is -0.123. The molecule has 1 heterocycles. The van der Waals surface area contributed by atoms with Gasteiger partial charge in [-0.1, -0.05) is 30.8 Å². The number of aryl methyl sites for hydroxylation is 1. The number of carbonyl (C=O) groups excluding carboxylic acids is 1. The molecule has 1 aliphatic carbocycles. The fourth-order valence-corrected chi connectivity index (χ4v) is 2.28. The topological polar surface area (TPSA) is 96.5 Å². The van der Waals surface area contributed by atoms with Crippen LogP contribution in [-0.2, 0) is 11.8 Å². The standard InChI is InChI=1S/C11H16N6O/c1-17-15-10(14-16-17)13-9(18)11(8-12)6-4-2-3-5-7-11/h2-7H2,1H3,(H,13,15,18). The van der Waals surface area contributed by atoms with Gasteiger partial charge in [0.1, 0.15) is 5.41 Å². The lowest BCUT2D eigenvalue weighted by Gasteiger charge is -2.22. The Balaban J connectivity index is 2.12. The maximum Gasteiger partial charge on any atom is 0.270 e. The van der Waals surface area contributed by atoms with Crippen molar-refractivity contribution in [3.63, 3.8) is 0 Å². The molecule has 0 radical (unpaired) electrons. The van der Waals surface area contributed by atoms with E-state index in [4.69, 9.17) is 0 Å². The second kappa shape index (κ2) is 5.12. The number of nitriles is 1. The van der Waals surface area contributed by atoms with E-state index in [9.17, 15) is 10.1 Å². The molecule has 1 aromatic rings. The van der Waals surface area contributed by atoms with Gasteiger partial charge in [0, 0.05) is 0 Å². The normalized spacial score (nSPS) is 18.7. The first-order valence-corrected chi connectivity index (χ1v) is 6.13. The van der Waals surface area contributed by atoms with E-state index in [0.717, 1.165) is 25.7 Å². The summed E-state index contributed by atoms with van der Waals surface area (Å²) < 4.78 is 0. The Morgan fingerprint density at radius 3 is 2.56 bits per heavy atom. The molecule has 0 unspecified atom stereocenters. The smallest absolute Gasteiger partial charge is 0.270 e. The summed E-state index contributed by atoms with van der Waals surface area (Å²) in [6, 6.07) is 2.19. The van der Waals surface area contributed by atoms with Gasteiger partial charge in [0.25, 0.3) is 5.95 Å². The van der Waals surface area contributed by atoms with Crippen LogP contribution >= 0.6 is 0 Å². The highest BCUT2D eigenvalue weighted by atomic mass is 16.2. The van der Waals surface area contributed by atoms with Crippen molar-refractivity contribution in [1.29, 1.82) is 5.26 Å². The molecule has 1 amide bonds. The van der Waals surface area contributed by atoms with Gasteiger partial charge in [0.15, 0.2) is 0 Å². The number of nitrogens with zero attached hydrogens (tertiary/aromatic N) is 5. The zero-order valence-electron chi connectivity index (χ0n) is 10.4. The Morgan fingerprint density at radius 1 is 1.39 bits per heavy atom. The highest BCUT2D eigenvalue weighted by molar-refractivity contribution is 5.95. The largest absolute Gasteiger partial charge is 0.290 e. The van der Waals surface area contributed by atoms with Gasteiger partial charge >= 0.3 is 0 Å². The van der Waals surface area contributed by atoms with E-state index in [1.165, 1.54) is 4.80 Å². The Labute approximate surface area is 105 Å². The summed E-state index contributed by atoms with van der Waals surface area (Å²) in [4.78, 5) is 13.5. The van der Waals surface area contributed by atoms with Gasteiger partial charge < -0.3 is 0 Å². The third-order valence-electron chi connectivity index (χ3n) is 3.34. The highest BCUT2D eigenvalue weighted by Crippen LogP contribution is 2.35. The molecule has 0 saturated heterocycles. The minimum absolute atomic E-state index is 0.154. The molecular weight excluding hydrogens is 232 g/mol. The molecule has 1 aliphatic rings. The average molecular weight is 248 g/mol. The molecule has 1 N–H and O–H groups in total. The number of amides is 1. The summed E-state index contributed by atoms with van der Waals surface area (Å²) in [5, 5.41) is 23.2. The molecule has 96 valence electrons. The molecule has 2 rings (SSSR count). The zero-order chi connectivity index (χ0) is 13.0. The molecule has 7 nitrogen and oxygen atoms in total. The van der Waals surface area contributed by atoms with Crippen LogP contribution in [0.5, 0.6) is 0 Å². The van der Waals surface area contributed by atoms with Crippen molar-refractivity contribution in [1.82, 2.24) is 20.2 Å². The molecule has 7 heteroatoms. The van der Waals surface area contributed by atoms with E-state index in [0.29, 0.717) is 12.8 Å². The molecule has 1 saturated carbocycles. The number of carbonyl (C=O) groups is 1. The summed E-state index contributed by atoms with van der Waals surface area (Å²) in [6.45, 7) is 0. The SMILES string of the molecule is Cn1nnc(NC(=O)C2(C#N)CCCCCC2)n1. The molecule has 1 fully saturated rings. The lowest BCUT2D eigenvalue weighted by atomic mass is 9.81. The van der Waals surface area contributed by atoms with Crippen LogP contribution in [0.4, 0.5) is 5.95 Å². The first-order valence-electron chi connectivity index (χ1n) is 6.13. The number of hydrogen-bond donors (Lipinski definition) is 1. The van der Waals surface area contributed by atoms with Crippen LogP contribution in [0.2, 0.25) is 0 Å². The quantitative estimate of drug-likeness (QED) is 0.788. The zero-order valence-corrected chi connectivity index (χ0v) is 10.4. The summed E-state index contributed by atoms with van der Waals surface area (Å²) in [5.41, 5.74) is -0.935. The minimum atomic E-state index is -0.935. The van der Waals surface area contributed by atoms with Crippen LogP contribution in [0.3, 0.4) is 0 Å². The molecule has 0 spiro atoms. The Bertz CT molecular complexity index is 466. The third-order valence-corrected chi connectivity index (χ3v) is 3.34. The molecule has 0 aromatic carbocycles. The summed E-state index contributed by atoms with van der Waals surface area (Å²) in [5.74, 6) is -0.152. The summed E-state index contributed by atoms with van der Waals surface area (Å²) in [7, 11) is 1.62. The first-order chi connectivity index (χ1) is 8.66. The third kappa shape index (κ3) is 2.47. The van der Waals surface area contributed by atoms with E-state index in [-0.39, 0.29) is 11.9 Å². The maximum atomic E-state index is 12.2. The van der Waals surface area contributed by atoms with Crippen LogP contribution in [0.1, 0.15) is 38.5 Å². The Morgan fingerprint density at radius 2 is 2.06 bits per heavy atom. The van der Waals surface area contributed by atoms with Crippen molar-refractivity contribution in [2.75, 3.05) is 5.32 Å². The molecule has 0 atom stereocenters. The highest BCUT2D eigenvalue weighted by Gasteiger charge is 2.39. The number of hydrogen-bond acceptors (Lipinski definition) is 5. The van der Waals surface area contributed by atoms with Crippen LogP contribution in [0.15, 0.2) is 0 Å². The van der Waals surface area contributed by atoms with Crippen molar-refractivity contribution in [3.8, 4) is 6.07 Å². The summed E-state index contributed by atoms with van der Waals surface area (Å²) in [6.07, 6.45) is 5.20. The van der Waals surface area contributed by atoms with E-state index in [1.54, 1.807) is 7.05 Å². The number of nitrogens with one attached hydrogen (secondary N) is 1. The van der Waals surface area contributed by atoms with E-state index in [1.807, 2.05) is 0 Å². The molecule has 1 aromatic heterocycles. The van der Waals surface area contributed by atoms with Crippen LogP contribution in [0.25, 0.3) is 0 Å². The van der Waals surface area contributed by atoms with Crippen molar-refractivity contribution >= 4 is 11.9 Å². The summed E-state index contributed by atoms with van der Waals surface area (Å²) >= 11 is 0. The predicted molar refractivity (Wildman–Crippen MR) is 63.2 cm³/mol. The average Bonchev–Trinajstić information content (AvgIpc) is 2.65. The Kier molecular flexibility index (Phi) is 3.55. The maximum absolute atomic E-state index is 12.2. The molecule has 0 bridgehead atoms. The fourth-order valence-electron chi connectivity index (χ4n) is 2.28. The van der Waals surface area contributed by atoms with E-state index in [2.05, 4.69) is 26.8 Å². The lowest BCUT2D eigenvalue weighted by Crippen LogP contribution is -2.35. The van der Waals surface area contributed by atoms with Crippen molar-refractivity contribution in [2.24, 2.45) is 12.5 Å². The van der Waals surface area contributed by atoms with Gasteiger partial charge in [-0.25, -0.2) is 0 Å². The molecule has 18 heavy (non-hydrogen) atoms. The second-order valence-corrected chi connectivity index (χ2v) is 4.66. The van der Waals surface area contributed by atoms with Gasteiger partial charge in [-0.2, -0.15) is 10.1 Å². The number of rotatable bonds is 2. The van der Waals surface area contributed by atoms with Crippen molar-refractivity contribution < 1.29 is 4.79 Å². The van der Waals surface area contributed by atoms with Gasteiger partial charge in [0.05, 0.1) is 13.1 Å².